The largest absolute Gasteiger partial charge is 0.456 e. The molecule has 0 bridgehead atoms. The third-order valence-electron chi connectivity index (χ3n) is 22.7. The van der Waals surface area contributed by atoms with Crippen molar-refractivity contribution < 1.29 is 22.1 Å². The highest BCUT2D eigenvalue weighted by Gasteiger charge is 2.25. The molecule has 1 aliphatic carbocycles. The predicted molar refractivity (Wildman–Crippen MR) is 449 cm³/mol. The number of nitrogens with zero attached hydrogens (tertiary/aromatic N) is 6. The van der Waals surface area contributed by atoms with E-state index in [1.807, 2.05) is 66.7 Å². The highest BCUT2D eigenvalue weighted by molar-refractivity contribution is 6.22. The molecule has 0 fully saturated rings. The lowest BCUT2D eigenvalue weighted by molar-refractivity contribution is 0.668. The van der Waals surface area contributed by atoms with E-state index in [0.717, 1.165) is 215 Å². The second-order valence-corrected chi connectivity index (χ2v) is 29.0. The first-order valence-electron chi connectivity index (χ1n) is 37.4. The van der Waals surface area contributed by atoms with E-state index >= 15 is 0 Å². The van der Waals surface area contributed by atoms with Gasteiger partial charge in [0.05, 0.1) is 0 Å². The topological polar surface area (TPSA) is 143 Å². The van der Waals surface area contributed by atoms with Crippen molar-refractivity contribution in [3.8, 4) is 79.2 Å². The first-order valence-corrected chi connectivity index (χ1v) is 37.4. The van der Waals surface area contributed by atoms with Gasteiger partial charge in [-0.25, -0.2) is 29.9 Å². The third-order valence-corrected chi connectivity index (χ3v) is 22.7. The van der Waals surface area contributed by atoms with Crippen LogP contribution in [0.1, 0.15) is 23.7 Å². The van der Waals surface area contributed by atoms with Gasteiger partial charge in [0.25, 0.3) is 0 Å². The second-order valence-electron chi connectivity index (χ2n) is 29.0. The fourth-order valence-corrected chi connectivity index (χ4v) is 17.5. The molecule has 16 aromatic carbocycles. The Balaban J connectivity index is 0.585. The molecule has 111 heavy (non-hydrogen) atoms. The zero-order valence-corrected chi connectivity index (χ0v) is 59.1. The molecule has 0 aliphatic heterocycles. The number of hydrogen-bond acceptors (Lipinski definition) is 11. The lowest BCUT2D eigenvalue weighted by Gasteiger charge is -2.18. The highest BCUT2D eigenvalue weighted by Crippen LogP contribution is 2.46. The standard InChI is InChI=1S/C100H56N6O5/c1-5-22-80-71(13-1)89-68(17-10-26-84(89)107-80)55-29-37-60(38-30-55)95-101-97(104-98(102-95)65-43-35-58-46-49-87-92(78(58)53-65)73-15-3-7-24-82(73)109-87)64-42-34-57-33-41-62-51-63(45-48-67(62)77(57)52-64)70-19-9-20-75-90-69(18-11-28-86(90)111-94(70)75)56-31-39-61(40-32-56)96-103-99(106-100(105-96)76-21-12-27-85-91(76)72-14-2-6-23-81(72)108-85)66-44-36-59-47-50-88-93(79(59)54-66)74-16-4-8-25-83(74)110-88/h1-29,31-55H,30H2. The van der Waals surface area contributed by atoms with Crippen LogP contribution in [-0.2, 0) is 0 Å². The van der Waals surface area contributed by atoms with Gasteiger partial charge in [0.15, 0.2) is 34.9 Å². The van der Waals surface area contributed by atoms with E-state index in [4.69, 9.17) is 52.0 Å². The second kappa shape index (κ2) is 23.8. The summed E-state index contributed by atoms with van der Waals surface area (Å²) >= 11 is 0. The summed E-state index contributed by atoms with van der Waals surface area (Å²) in [7, 11) is 0. The van der Waals surface area contributed by atoms with Crippen molar-refractivity contribution in [1.82, 2.24) is 29.9 Å². The summed E-state index contributed by atoms with van der Waals surface area (Å²) in [6.45, 7) is 0. The lowest BCUT2D eigenvalue weighted by Crippen LogP contribution is -2.05. The number of benzene rings is 16. The summed E-state index contributed by atoms with van der Waals surface area (Å²) < 4.78 is 32.5. The van der Waals surface area contributed by atoms with Crippen molar-refractivity contribution >= 4 is 158 Å². The van der Waals surface area contributed by atoms with E-state index < -0.39 is 0 Å². The van der Waals surface area contributed by atoms with Gasteiger partial charge in [-0.3, -0.25) is 0 Å². The third kappa shape index (κ3) is 9.65. The Morgan fingerprint density at radius 2 is 0.640 bits per heavy atom. The summed E-state index contributed by atoms with van der Waals surface area (Å²) in [4.78, 5) is 32.0. The summed E-state index contributed by atoms with van der Waals surface area (Å²) in [6, 6.07) is 106. The van der Waals surface area contributed by atoms with E-state index in [1.165, 1.54) is 5.56 Å². The number of furan rings is 5. The maximum atomic E-state index is 7.00. The lowest BCUT2D eigenvalue weighted by atomic mass is 9.87. The van der Waals surface area contributed by atoms with Gasteiger partial charge in [0.1, 0.15) is 55.8 Å². The molecule has 1 unspecified atom stereocenters. The van der Waals surface area contributed by atoms with Crippen LogP contribution in [0, 0.1) is 0 Å². The Bertz CT molecular complexity index is 8030. The molecule has 7 aromatic heterocycles. The molecule has 516 valence electrons. The summed E-state index contributed by atoms with van der Waals surface area (Å²) in [5.41, 5.74) is 18.9. The van der Waals surface area contributed by atoms with Crippen molar-refractivity contribution in [1.29, 1.82) is 0 Å². The first kappa shape index (κ1) is 61.2. The van der Waals surface area contributed by atoms with Gasteiger partial charge in [-0.05, 0) is 151 Å². The van der Waals surface area contributed by atoms with E-state index in [1.54, 1.807) is 0 Å². The molecular weight excluding hydrogens is 1370 g/mol. The van der Waals surface area contributed by atoms with Crippen LogP contribution < -0.4 is 0 Å². The molecule has 7 heterocycles. The maximum Gasteiger partial charge on any atom is 0.164 e. The normalized spacial score (nSPS) is 13.5. The first-order chi connectivity index (χ1) is 54.9. The van der Waals surface area contributed by atoms with E-state index in [9.17, 15) is 0 Å². The van der Waals surface area contributed by atoms with Gasteiger partial charge < -0.3 is 22.1 Å². The smallest absolute Gasteiger partial charge is 0.164 e. The minimum atomic E-state index is 0.124. The minimum Gasteiger partial charge on any atom is -0.456 e. The van der Waals surface area contributed by atoms with Crippen LogP contribution in [0.15, 0.2) is 344 Å². The summed E-state index contributed by atoms with van der Waals surface area (Å²) in [5.74, 6) is 3.53. The van der Waals surface area contributed by atoms with Crippen molar-refractivity contribution in [2.75, 3.05) is 0 Å². The van der Waals surface area contributed by atoms with Gasteiger partial charge in [-0.1, -0.05) is 243 Å². The van der Waals surface area contributed by atoms with Crippen molar-refractivity contribution in [2.45, 2.75) is 12.3 Å². The molecule has 11 heteroatoms. The van der Waals surface area contributed by atoms with Crippen molar-refractivity contribution in [3.05, 3.63) is 333 Å². The molecule has 24 rings (SSSR count). The zero-order valence-electron chi connectivity index (χ0n) is 59.1. The van der Waals surface area contributed by atoms with Gasteiger partial charge in [-0.2, -0.15) is 0 Å². The van der Waals surface area contributed by atoms with E-state index in [0.29, 0.717) is 34.9 Å². The molecule has 0 amide bonds. The maximum absolute atomic E-state index is 7.00. The number of hydrogen-bond donors (Lipinski definition) is 0. The Kier molecular flexibility index (Phi) is 13.1. The average molecular weight is 1420 g/mol. The number of fused-ring (bicyclic) bond motifs is 22. The van der Waals surface area contributed by atoms with Crippen molar-refractivity contribution in [2.24, 2.45) is 0 Å². The monoisotopic (exact) mass is 1420 g/mol. The van der Waals surface area contributed by atoms with E-state index in [2.05, 4.69) is 255 Å². The van der Waals surface area contributed by atoms with Crippen LogP contribution in [0.5, 0.6) is 0 Å². The van der Waals surface area contributed by atoms with Crippen LogP contribution in [0.3, 0.4) is 0 Å². The predicted octanol–water partition coefficient (Wildman–Crippen LogP) is 27.0. The molecule has 0 radical (unpaired) electrons. The fourth-order valence-electron chi connectivity index (χ4n) is 17.5. The van der Waals surface area contributed by atoms with Gasteiger partial charge in [-0.15, -0.1) is 0 Å². The van der Waals surface area contributed by atoms with E-state index in [-0.39, 0.29) is 5.92 Å². The number of rotatable bonds is 9. The number of allylic oxidation sites excluding steroid dienone is 4. The van der Waals surface area contributed by atoms with Crippen LogP contribution in [0.2, 0.25) is 0 Å². The fraction of sp³-hybridized carbons (Fsp3) is 0.0200. The molecule has 1 atom stereocenters. The summed E-state index contributed by atoms with van der Waals surface area (Å²) in [6.07, 6.45) is 7.50. The minimum absolute atomic E-state index is 0.124. The quantitative estimate of drug-likeness (QED) is 0.127. The Morgan fingerprint density at radius 3 is 1.24 bits per heavy atom. The molecule has 0 saturated heterocycles. The molecule has 0 spiro atoms. The van der Waals surface area contributed by atoms with Gasteiger partial charge in [0.2, 0.25) is 0 Å². The summed E-state index contributed by atoms with van der Waals surface area (Å²) in [5, 5.41) is 19.3. The molecule has 0 saturated carbocycles. The molecule has 11 nitrogen and oxygen atoms in total. The average Bonchev–Trinajstić information content (AvgIpc) is 1.23. The number of aromatic nitrogens is 6. The van der Waals surface area contributed by atoms with Gasteiger partial charge >= 0.3 is 0 Å². The van der Waals surface area contributed by atoms with Gasteiger partial charge in [0, 0.05) is 98.7 Å². The molecule has 0 N–H and O–H groups in total. The van der Waals surface area contributed by atoms with Crippen LogP contribution >= 0.6 is 0 Å². The Morgan fingerprint density at radius 1 is 0.234 bits per heavy atom. The Hall–Kier alpha value is -14.9. The van der Waals surface area contributed by atoms with Crippen LogP contribution in [0.4, 0.5) is 0 Å². The zero-order chi connectivity index (χ0) is 72.5. The molecule has 23 aromatic rings. The SMILES string of the molecule is C1=CC(c2cccc3oc4ccccc4c23)CC=C1c1nc(-c2ccc3ccc4cc(-c5cccc6c5oc5cccc(-c7ccc(-c8nc(-c9ccc%10ccc%11oc%12ccccc%12c%11c%10c9)nc(-c9cccc%10oc%11ccccc%11c9%10)n8)cc7)c56)ccc4c3c2)nc(-c2ccc3ccc4oc5ccccc5c4c3c2)n1. The highest BCUT2D eigenvalue weighted by atomic mass is 16.3. The Labute approximate surface area is 631 Å². The van der Waals surface area contributed by atoms with Crippen molar-refractivity contribution in [3.63, 3.8) is 0 Å². The van der Waals surface area contributed by atoms with Crippen LogP contribution in [0.25, 0.3) is 238 Å². The molecular formula is C100H56N6O5. The van der Waals surface area contributed by atoms with Crippen LogP contribution in [-0.4, -0.2) is 29.9 Å². The number of para-hydroxylation sites is 5. The molecule has 1 aliphatic rings.